The van der Waals surface area contributed by atoms with E-state index in [4.69, 9.17) is 9.47 Å². The van der Waals surface area contributed by atoms with Crippen LogP contribution in [0.25, 0.3) is 6.08 Å². The van der Waals surface area contributed by atoms with Crippen molar-refractivity contribution in [3.8, 4) is 0 Å². The summed E-state index contributed by atoms with van der Waals surface area (Å²) in [5.74, 6) is -3.65. The predicted molar refractivity (Wildman–Crippen MR) is 163 cm³/mol. The first kappa shape index (κ1) is 33.5. The summed E-state index contributed by atoms with van der Waals surface area (Å²) in [5, 5.41) is 10.6. The van der Waals surface area contributed by atoms with E-state index in [0.717, 1.165) is 13.1 Å². The number of rotatable bonds is 4. The SMILES string of the molecule is C/C(=C\c1cc(F)cc(N2CCOCC2=O)c1)[C@H]1C(=O)C(=O)C[C@H](O)CC[C@H](C)[C@@H](OC(=O)N2CCN(C)CC2)/C=C/[C@@H]1C. The summed E-state index contributed by atoms with van der Waals surface area (Å²) >= 11 is 0. The lowest BCUT2D eigenvalue weighted by Gasteiger charge is -2.33. The van der Waals surface area contributed by atoms with Crippen LogP contribution in [0.3, 0.4) is 0 Å². The molecule has 2 heterocycles. The fraction of sp³-hybridized carbons (Fsp3) is 0.576. The smallest absolute Gasteiger partial charge is 0.410 e. The molecular formula is C33H44FN3O7. The highest BCUT2D eigenvalue weighted by atomic mass is 19.1. The second-order valence-electron chi connectivity index (χ2n) is 12.3. The average Bonchev–Trinajstić information content (AvgIpc) is 2.97. The maximum atomic E-state index is 14.7. The van der Waals surface area contributed by atoms with Gasteiger partial charge in [-0.2, -0.15) is 0 Å². The van der Waals surface area contributed by atoms with Crippen LogP contribution < -0.4 is 4.90 Å². The fourth-order valence-corrected chi connectivity index (χ4v) is 5.97. The van der Waals surface area contributed by atoms with Gasteiger partial charge in [0.05, 0.1) is 18.6 Å². The van der Waals surface area contributed by atoms with Crippen molar-refractivity contribution < 1.29 is 38.1 Å². The van der Waals surface area contributed by atoms with Gasteiger partial charge in [-0.15, -0.1) is 0 Å². The lowest BCUT2D eigenvalue weighted by atomic mass is 9.80. The number of aliphatic hydroxyl groups is 1. The number of aliphatic hydroxyl groups excluding tert-OH is 1. The molecule has 0 spiro atoms. The Bertz CT molecular complexity index is 1290. The van der Waals surface area contributed by atoms with Crippen molar-refractivity contribution in [2.75, 3.05) is 57.9 Å². The molecule has 44 heavy (non-hydrogen) atoms. The second kappa shape index (κ2) is 15.0. The van der Waals surface area contributed by atoms with E-state index in [0.29, 0.717) is 49.5 Å². The molecule has 3 aliphatic rings. The van der Waals surface area contributed by atoms with Gasteiger partial charge in [-0.3, -0.25) is 14.4 Å². The van der Waals surface area contributed by atoms with Crippen molar-refractivity contribution in [2.24, 2.45) is 17.8 Å². The zero-order valence-corrected chi connectivity index (χ0v) is 26.0. The van der Waals surface area contributed by atoms with Crippen molar-refractivity contribution in [1.29, 1.82) is 0 Å². The van der Waals surface area contributed by atoms with E-state index in [1.165, 1.54) is 17.0 Å². The van der Waals surface area contributed by atoms with Crippen LogP contribution in [0.2, 0.25) is 0 Å². The minimum atomic E-state index is -1.01. The van der Waals surface area contributed by atoms with Crippen molar-refractivity contribution in [2.45, 2.75) is 52.2 Å². The van der Waals surface area contributed by atoms with Gasteiger partial charge in [0.15, 0.2) is 0 Å². The molecule has 0 saturated carbocycles. The first-order chi connectivity index (χ1) is 20.9. The van der Waals surface area contributed by atoms with E-state index in [1.54, 1.807) is 43.0 Å². The molecule has 1 aliphatic carbocycles. The normalized spacial score (nSPS) is 29.2. The summed E-state index contributed by atoms with van der Waals surface area (Å²) in [6.07, 6.45) is 3.68. The van der Waals surface area contributed by atoms with Crippen LogP contribution in [0.4, 0.5) is 14.9 Å². The Morgan fingerprint density at radius 2 is 1.77 bits per heavy atom. The lowest BCUT2D eigenvalue weighted by Crippen LogP contribution is -2.48. The molecule has 11 heteroatoms. The van der Waals surface area contributed by atoms with E-state index >= 15 is 0 Å². The molecule has 4 rings (SSSR count). The number of amides is 2. The number of ketones is 2. The van der Waals surface area contributed by atoms with Crippen molar-refractivity contribution in [3.63, 3.8) is 0 Å². The Kier molecular flexibility index (Phi) is 11.5. The van der Waals surface area contributed by atoms with Gasteiger partial charge in [-0.1, -0.05) is 31.6 Å². The summed E-state index contributed by atoms with van der Waals surface area (Å²) in [6.45, 7) is 8.65. The highest BCUT2D eigenvalue weighted by Crippen LogP contribution is 2.30. The van der Waals surface area contributed by atoms with Crippen LogP contribution in [-0.4, -0.2) is 104 Å². The highest BCUT2D eigenvalue weighted by Gasteiger charge is 2.33. The summed E-state index contributed by atoms with van der Waals surface area (Å²) in [5.41, 5.74) is 1.34. The van der Waals surface area contributed by atoms with Gasteiger partial charge in [0.1, 0.15) is 18.5 Å². The van der Waals surface area contributed by atoms with Crippen LogP contribution in [0.5, 0.6) is 0 Å². The number of nitrogens with zero attached hydrogens (tertiary/aromatic N) is 3. The number of anilines is 1. The van der Waals surface area contributed by atoms with Crippen molar-refractivity contribution in [3.05, 3.63) is 47.3 Å². The zero-order valence-electron chi connectivity index (χ0n) is 26.0. The molecule has 2 saturated heterocycles. The quantitative estimate of drug-likeness (QED) is 0.406. The monoisotopic (exact) mass is 613 g/mol. The predicted octanol–water partition coefficient (Wildman–Crippen LogP) is 3.47. The number of morpholine rings is 1. The van der Waals surface area contributed by atoms with Gasteiger partial charge in [-0.25, -0.2) is 9.18 Å². The Labute approximate surface area is 258 Å². The Balaban J connectivity index is 1.62. The van der Waals surface area contributed by atoms with Gasteiger partial charge >= 0.3 is 6.09 Å². The molecule has 10 nitrogen and oxygen atoms in total. The van der Waals surface area contributed by atoms with E-state index in [9.17, 15) is 28.7 Å². The fourth-order valence-electron chi connectivity index (χ4n) is 5.97. The third kappa shape index (κ3) is 8.61. The van der Waals surface area contributed by atoms with Gasteiger partial charge in [0.2, 0.25) is 11.6 Å². The molecular weight excluding hydrogens is 569 g/mol. The molecule has 2 fully saturated rings. The number of benzene rings is 1. The maximum absolute atomic E-state index is 14.7. The molecule has 240 valence electrons. The molecule has 0 bridgehead atoms. The minimum Gasteiger partial charge on any atom is -0.442 e. The van der Waals surface area contributed by atoms with Gasteiger partial charge < -0.3 is 29.3 Å². The van der Waals surface area contributed by atoms with Crippen LogP contribution >= 0.6 is 0 Å². The molecule has 2 amide bonds. The van der Waals surface area contributed by atoms with E-state index < -0.39 is 47.5 Å². The molecule has 5 atom stereocenters. The van der Waals surface area contributed by atoms with Crippen LogP contribution in [0, 0.1) is 23.6 Å². The molecule has 0 aromatic heterocycles. The summed E-state index contributed by atoms with van der Waals surface area (Å²) in [7, 11) is 2.00. The van der Waals surface area contributed by atoms with E-state index in [-0.39, 0.29) is 31.3 Å². The number of carbonyl (C=O) groups excluding carboxylic acids is 4. The Hall–Kier alpha value is -3.41. The Morgan fingerprint density at radius 3 is 2.48 bits per heavy atom. The van der Waals surface area contributed by atoms with Crippen LogP contribution in [0.15, 0.2) is 35.9 Å². The zero-order chi connectivity index (χ0) is 32.0. The van der Waals surface area contributed by atoms with Gasteiger partial charge in [0.25, 0.3) is 5.91 Å². The third-order valence-corrected chi connectivity index (χ3v) is 8.71. The number of hydrogen-bond acceptors (Lipinski definition) is 8. The number of piperazine rings is 1. The number of ether oxygens (including phenoxy) is 2. The van der Waals surface area contributed by atoms with Crippen LogP contribution in [0.1, 0.15) is 45.6 Å². The average molecular weight is 614 g/mol. The first-order valence-corrected chi connectivity index (χ1v) is 15.4. The molecule has 2 aliphatic heterocycles. The third-order valence-electron chi connectivity index (χ3n) is 8.71. The van der Waals surface area contributed by atoms with E-state index in [1.807, 2.05) is 14.0 Å². The van der Waals surface area contributed by atoms with Gasteiger partial charge in [-0.05, 0) is 68.5 Å². The number of hydrogen-bond donors (Lipinski definition) is 1. The molecule has 0 radical (unpaired) electrons. The largest absolute Gasteiger partial charge is 0.442 e. The number of carbonyl (C=O) groups is 4. The summed E-state index contributed by atoms with van der Waals surface area (Å²) in [4.78, 5) is 57.3. The number of allylic oxidation sites excluding steroid dienone is 2. The number of halogens is 1. The van der Waals surface area contributed by atoms with Crippen molar-refractivity contribution >= 4 is 35.3 Å². The minimum absolute atomic E-state index is 0.0839. The number of Topliss-reactive ketones (excluding diaryl/α,β-unsaturated/α-hetero) is 2. The summed E-state index contributed by atoms with van der Waals surface area (Å²) in [6, 6.07) is 4.24. The number of likely N-dealkylation sites (N-methyl/N-ethyl adjacent to an activating group) is 1. The first-order valence-electron chi connectivity index (χ1n) is 15.4. The molecule has 1 aromatic carbocycles. The summed E-state index contributed by atoms with van der Waals surface area (Å²) < 4.78 is 25.8. The molecule has 1 N–H and O–H groups in total. The van der Waals surface area contributed by atoms with Crippen molar-refractivity contribution in [1.82, 2.24) is 9.80 Å². The Morgan fingerprint density at radius 1 is 1.05 bits per heavy atom. The highest BCUT2D eigenvalue weighted by molar-refractivity contribution is 6.38. The van der Waals surface area contributed by atoms with Gasteiger partial charge in [0, 0.05) is 44.8 Å². The molecule has 1 aromatic rings. The second-order valence-corrected chi connectivity index (χ2v) is 12.3. The van der Waals surface area contributed by atoms with Crippen LogP contribution in [-0.2, 0) is 23.9 Å². The van der Waals surface area contributed by atoms with E-state index in [2.05, 4.69) is 4.90 Å². The topological polar surface area (TPSA) is 117 Å². The maximum Gasteiger partial charge on any atom is 0.410 e. The molecule has 0 unspecified atom stereocenters. The lowest BCUT2D eigenvalue weighted by molar-refractivity contribution is -0.140. The standard InChI is InChI=1S/C33H44FN3O7/c1-21-5-7-27(38)19-28(39)32(41)31(22(2)6-8-29(21)44-33(42)36-11-9-35(4)10-12-36)23(3)15-24-16-25(34)18-26(17-24)37-13-14-43-20-30(37)40/h6,8,15-18,21-22,27,29,31,38H,5,7,9-14,19-20H2,1-4H3/b8-6+,23-15+/t21-,22-,27+,29-,31-/m0/s1.